The molecule has 192 valence electrons. The Kier molecular flexibility index (Phi) is 6.45. The third-order valence-corrected chi connectivity index (χ3v) is 6.47. The van der Waals surface area contributed by atoms with Crippen LogP contribution in [0.1, 0.15) is 18.2 Å². The lowest BCUT2D eigenvalue weighted by atomic mass is 10.2. The molecular weight excluding hydrogens is 471 g/mol. The molecule has 36 heavy (non-hydrogen) atoms. The topological polar surface area (TPSA) is 127 Å². The van der Waals surface area contributed by atoms with E-state index in [-0.39, 0.29) is 19.1 Å². The SMILES string of the molecule is C=CC(=O)N[C@@H]1CN(c2nc(Nc3cn([C@H]4CCN(OC)C4)nc3OC)c3ncc(C)n3n2)C[C@H]1F. The van der Waals surface area contributed by atoms with Gasteiger partial charge in [0.2, 0.25) is 11.9 Å². The first kappa shape index (κ1) is 23.9. The summed E-state index contributed by atoms with van der Waals surface area (Å²) in [6, 6.07) is -0.552. The highest BCUT2D eigenvalue weighted by Gasteiger charge is 2.35. The van der Waals surface area contributed by atoms with Gasteiger partial charge in [0.05, 0.1) is 50.9 Å². The van der Waals surface area contributed by atoms with Crippen molar-refractivity contribution in [2.45, 2.75) is 31.6 Å². The standard InChI is InChI=1S/C22H29FN10O3/c1-5-18(34)25-16-11-30(10-15(16)23)22-27-19(20-24-8-13(2)33(20)29-22)26-17-12-32(28-21(17)35-3)14-6-7-31(9-14)36-4/h5,8,12,14-16H,1,6-7,9-11H2,2-4H3,(H,25,34)(H,26,27,29)/t14-,15+,16+/m0/s1. The van der Waals surface area contributed by atoms with Gasteiger partial charge in [0, 0.05) is 19.6 Å². The van der Waals surface area contributed by atoms with E-state index in [0.717, 1.165) is 24.7 Å². The van der Waals surface area contributed by atoms with Crippen molar-refractivity contribution in [2.24, 2.45) is 0 Å². The fourth-order valence-corrected chi connectivity index (χ4v) is 4.52. The summed E-state index contributed by atoms with van der Waals surface area (Å²) in [4.78, 5) is 27.8. The molecule has 2 fully saturated rings. The molecule has 1 amide bonds. The number of imidazole rings is 1. The van der Waals surface area contributed by atoms with Gasteiger partial charge in [-0.2, -0.15) is 10.0 Å². The second-order valence-electron chi connectivity index (χ2n) is 8.81. The van der Waals surface area contributed by atoms with E-state index < -0.39 is 18.1 Å². The number of rotatable bonds is 8. The number of carbonyl (C=O) groups excluding carboxylic acids is 1. The highest BCUT2D eigenvalue weighted by molar-refractivity contribution is 5.87. The average molecular weight is 501 g/mol. The molecule has 0 unspecified atom stereocenters. The van der Waals surface area contributed by atoms with Gasteiger partial charge in [0.25, 0.3) is 5.88 Å². The minimum absolute atomic E-state index is 0.0414. The molecule has 0 bridgehead atoms. The number of nitrogens with zero attached hydrogens (tertiary/aromatic N) is 8. The number of fused-ring (bicyclic) bond motifs is 1. The van der Waals surface area contributed by atoms with Crippen LogP contribution in [0, 0.1) is 6.92 Å². The molecule has 2 aliphatic heterocycles. The largest absolute Gasteiger partial charge is 0.478 e. The maximum atomic E-state index is 14.7. The number of carbonyl (C=O) groups is 1. The zero-order chi connectivity index (χ0) is 25.4. The predicted octanol–water partition coefficient (Wildman–Crippen LogP) is 1.02. The fraction of sp³-hybridized carbons (Fsp3) is 0.500. The van der Waals surface area contributed by atoms with Gasteiger partial charge < -0.3 is 25.1 Å². The Morgan fingerprint density at radius 3 is 2.83 bits per heavy atom. The first-order valence-electron chi connectivity index (χ1n) is 11.6. The second-order valence-corrected chi connectivity index (χ2v) is 8.81. The van der Waals surface area contributed by atoms with Gasteiger partial charge in [-0.25, -0.2) is 13.9 Å². The summed E-state index contributed by atoms with van der Waals surface area (Å²) in [7, 11) is 3.21. The Balaban J connectivity index is 1.44. The average Bonchev–Trinajstić information content (AvgIpc) is 3.66. The quantitative estimate of drug-likeness (QED) is 0.433. The lowest BCUT2D eigenvalue weighted by molar-refractivity contribution is -0.117. The van der Waals surface area contributed by atoms with E-state index in [1.165, 1.54) is 0 Å². The Morgan fingerprint density at radius 2 is 2.11 bits per heavy atom. The van der Waals surface area contributed by atoms with Gasteiger partial charge in [-0.1, -0.05) is 6.58 Å². The predicted molar refractivity (Wildman–Crippen MR) is 129 cm³/mol. The number of halogens is 1. The molecule has 13 nitrogen and oxygen atoms in total. The van der Waals surface area contributed by atoms with Crippen LogP contribution in [-0.4, -0.2) is 92.9 Å². The molecule has 2 aliphatic rings. The number of ether oxygens (including phenoxy) is 1. The normalized spacial score (nSPS) is 22.3. The van der Waals surface area contributed by atoms with Crippen LogP contribution in [-0.2, 0) is 9.63 Å². The van der Waals surface area contributed by atoms with E-state index in [2.05, 4.69) is 37.4 Å². The monoisotopic (exact) mass is 500 g/mol. The molecule has 0 aromatic carbocycles. The number of hydrogen-bond donors (Lipinski definition) is 2. The third-order valence-electron chi connectivity index (χ3n) is 6.47. The molecule has 5 heterocycles. The zero-order valence-corrected chi connectivity index (χ0v) is 20.4. The number of hydrogen-bond acceptors (Lipinski definition) is 10. The lowest BCUT2D eigenvalue weighted by Crippen LogP contribution is -2.40. The van der Waals surface area contributed by atoms with Gasteiger partial charge in [-0.05, 0) is 19.4 Å². The van der Waals surface area contributed by atoms with Crippen LogP contribution >= 0.6 is 0 Å². The van der Waals surface area contributed by atoms with E-state index >= 15 is 0 Å². The van der Waals surface area contributed by atoms with Crippen molar-refractivity contribution in [1.29, 1.82) is 0 Å². The summed E-state index contributed by atoms with van der Waals surface area (Å²) in [5.74, 6) is 0.713. The number of amides is 1. The van der Waals surface area contributed by atoms with Crippen molar-refractivity contribution in [3.05, 3.63) is 30.7 Å². The van der Waals surface area contributed by atoms with Gasteiger partial charge in [-0.15, -0.1) is 10.2 Å². The number of aryl methyl sites for hydroxylation is 1. The Bertz CT molecular complexity index is 1280. The van der Waals surface area contributed by atoms with Crippen LogP contribution in [0.5, 0.6) is 5.88 Å². The van der Waals surface area contributed by atoms with E-state index in [9.17, 15) is 9.18 Å². The first-order chi connectivity index (χ1) is 17.4. The van der Waals surface area contributed by atoms with Crippen molar-refractivity contribution in [3.63, 3.8) is 0 Å². The molecule has 3 aromatic heterocycles. The van der Waals surface area contributed by atoms with Crippen molar-refractivity contribution < 1.29 is 18.8 Å². The molecule has 3 atom stereocenters. The van der Waals surface area contributed by atoms with Crippen molar-refractivity contribution in [3.8, 4) is 5.88 Å². The zero-order valence-electron chi connectivity index (χ0n) is 20.4. The minimum atomic E-state index is -1.27. The van der Waals surface area contributed by atoms with E-state index in [0.29, 0.717) is 35.5 Å². The number of hydroxylamine groups is 2. The van der Waals surface area contributed by atoms with Crippen LogP contribution < -0.4 is 20.3 Å². The van der Waals surface area contributed by atoms with Gasteiger partial charge >= 0.3 is 0 Å². The minimum Gasteiger partial charge on any atom is -0.478 e. The summed E-state index contributed by atoms with van der Waals surface area (Å²) < 4.78 is 23.7. The molecule has 2 saturated heterocycles. The highest BCUT2D eigenvalue weighted by Crippen LogP contribution is 2.32. The van der Waals surface area contributed by atoms with Gasteiger partial charge in [0.15, 0.2) is 11.5 Å². The molecule has 5 rings (SSSR count). The Morgan fingerprint density at radius 1 is 1.28 bits per heavy atom. The van der Waals surface area contributed by atoms with Crippen LogP contribution in [0.25, 0.3) is 5.65 Å². The number of methoxy groups -OCH3 is 1. The first-order valence-corrected chi connectivity index (χ1v) is 11.6. The molecular formula is C22H29FN10O3. The smallest absolute Gasteiger partial charge is 0.256 e. The van der Waals surface area contributed by atoms with Crippen molar-refractivity contribution >= 4 is 29.0 Å². The maximum absolute atomic E-state index is 14.7. The van der Waals surface area contributed by atoms with E-state index in [1.54, 1.807) is 29.8 Å². The van der Waals surface area contributed by atoms with Crippen molar-refractivity contribution in [2.75, 3.05) is 50.6 Å². The molecule has 14 heteroatoms. The molecule has 0 saturated carbocycles. The molecule has 0 aliphatic carbocycles. The summed E-state index contributed by atoms with van der Waals surface area (Å²) in [6.07, 6.45) is 4.30. The summed E-state index contributed by atoms with van der Waals surface area (Å²) in [6.45, 7) is 7.09. The number of anilines is 3. The van der Waals surface area contributed by atoms with Gasteiger partial charge in [0.1, 0.15) is 11.9 Å². The Hall–Kier alpha value is -3.78. The number of nitrogens with one attached hydrogen (secondary N) is 2. The fourth-order valence-electron chi connectivity index (χ4n) is 4.52. The molecule has 0 spiro atoms. The van der Waals surface area contributed by atoms with Crippen molar-refractivity contribution in [1.82, 2.24) is 39.7 Å². The van der Waals surface area contributed by atoms with Crippen LogP contribution in [0.2, 0.25) is 0 Å². The van der Waals surface area contributed by atoms with E-state index in [1.807, 2.05) is 22.9 Å². The number of alkyl halides is 1. The summed E-state index contributed by atoms with van der Waals surface area (Å²) in [5.41, 5.74) is 1.91. The van der Waals surface area contributed by atoms with Crippen LogP contribution in [0.3, 0.4) is 0 Å². The van der Waals surface area contributed by atoms with E-state index in [4.69, 9.17) is 9.57 Å². The lowest BCUT2D eigenvalue weighted by Gasteiger charge is -2.17. The number of aromatic nitrogens is 6. The van der Waals surface area contributed by atoms with Crippen LogP contribution in [0.4, 0.5) is 21.8 Å². The highest BCUT2D eigenvalue weighted by atomic mass is 19.1. The molecule has 2 N–H and O–H groups in total. The van der Waals surface area contributed by atoms with Crippen LogP contribution in [0.15, 0.2) is 25.0 Å². The summed E-state index contributed by atoms with van der Waals surface area (Å²) in [5, 5.41) is 17.0. The second kappa shape index (κ2) is 9.70. The molecule has 0 radical (unpaired) electrons. The summed E-state index contributed by atoms with van der Waals surface area (Å²) >= 11 is 0. The maximum Gasteiger partial charge on any atom is 0.256 e. The third kappa shape index (κ3) is 4.44. The Labute approximate surface area is 206 Å². The van der Waals surface area contributed by atoms with Gasteiger partial charge in [-0.3, -0.25) is 9.48 Å². The molecule has 3 aromatic rings.